The lowest BCUT2D eigenvalue weighted by atomic mass is 9.75. The van der Waals surface area contributed by atoms with Gasteiger partial charge in [0.05, 0.1) is 38.9 Å². The molecule has 1 aromatic rings. The molecule has 0 spiro atoms. The van der Waals surface area contributed by atoms with E-state index in [4.69, 9.17) is 16.3 Å². The maximum absolute atomic E-state index is 10.6. The van der Waals surface area contributed by atoms with Gasteiger partial charge in [-0.15, -0.1) is 0 Å². The van der Waals surface area contributed by atoms with Crippen molar-refractivity contribution in [3.05, 3.63) is 28.8 Å². The standard InChI is InChI=1S/C24H39ClN2O2/c1-17(2)22-8-5-18(3)13-24(22)29-16-21(28)15-26-9-11-27(12-10-26)23-14-20(25)7-6-19(23)4/h6-7,14,17-18,21-22,24,28H,5,8-13,15-16H2,1-4H3/p+1/t18-,21-,22-,24-/m1/s1. The number of nitrogens with one attached hydrogen (secondary N) is 1. The van der Waals surface area contributed by atoms with Crippen molar-refractivity contribution < 1.29 is 14.7 Å². The number of benzene rings is 1. The molecule has 1 aliphatic carbocycles. The van der Waals surface area contributed by atoms with Crippen molar-refractivity contribution in [1.29, 1.82) is 0 Å². The van der Waals surface area contributed by atoms with Gasteiger partial charge >= 0.3 is 0 Å². The van der Waals surface area contributed by atoms with Crippen molar-refractivity contribution in [3.63, 3.8) is 0 Å². The summed E-state index contributed by atoms with van der Waals surface area (Å²) in [6, 6.07) is 6.12. The maximum Gasteiger partial charge on any atom is 0.126 e. The predicted octanol–water partition coefficient (Wildman–Crippen LogP) is 3.19. The van der Waals surface area contributed by atoms with Crippen molar-refractivity contribution in [3.8, 4) is 0 Å². The van der Waals surface area contributed by atoms with E-state index in [9.17, 15) is 5.11 Å². The van der Waals surface area contributed by atoms with E-state index in [1.807, 2.05) is 6.07 Å². The minimum Gasteiger partial charge on any atom is -0.385 e. The fourth-order valence-corrected chi connectivity index (χ4v) is 5.29. The Labute approximate surface area is 182 Å². The quantitative estimate of drug-likeness (QED) is 0.707. The van der Waals surface area contributed by atoms with Gasteiger partial charge in [0.25, 0.3) is 0 Å². The number of ether oxygens (including phenoxy) is 1. The van der Waals surface area contributed by atoms with Gasteiger partial charge in [-0.2, -0.15) is 0 Å². The highest BCUT2D eigenvalue weighted by Gasteiger charge is 2.32. The lowest BCUT2D eigenvalue weighted by molar-refractivity contribution is -0.903. The van der Waals surface area contributed by atoms with E-state index >= 15 is 0 Å². The van der Waals surface area contributed by atoms with Crippen LogP contribution in [0.15, 0.2) is 18.2 Å². The molecular formula is C24H40ClN2O2+. The summed E-state index contributed by atoms with van der Waals surface area (Å²) >= 11 is 6.19. The number of nitrogens with zero attached hydrogens (tertiary/aromatic N) is 1. The van der Waals surface area contributed by atoms with Crippen molar-refractivity contribution in [2.45, 2.75) is 59.2 Å². The smallest absolute Gasteiger partial charge is 0.126 e. The lowest BCUT2D eigenvalue weighted by Crippen LogP contribution is -3.16. The zero-order chi connectivity index (χ0) is 21.0. The molecule has 3 rings (SSSR count). The summed E-state index contributed by atoms with van der Waals surface area (Å²) in [4.78, 5) is 3.89. The number of halogens is 1. The summed E-state index contributed by atoms with van der Waals surface area (Å²) in [5, 5.41) is 11.4. The summed E-state index contributed by atoms with van der Waals surface area (Å²) in [5.74, 6) is 2.02. The zero-order valence-electron chi connectivity index (χ0n) is 18.7. The Kier molecular flexibility index (Phi) is 8.26. The van der Waals surface area contributed by atoms with Gasteiger partial charge in [0.15, 0.2) is 0 Å². The van der Waals surface area contributed by atoms with Crippen LogP contribution in [0.1, 0.15) is 45.6 Å². The van der Waals surface area contributed by atoms with Gasteiger partial charge in [0.2, 0.25) is 0 Å². The van der Waals surface area contributed by atoms with Crippen LogP contribution in [0.3, 0.4) is 0 Å². The summed E-state index contributed by atoms with van der Waals surface area (Å²) in [7, 11) is 0. The Bertz CT molecular complexity index is 646. The van der Waals surface area contributed by atoms with E-state index in [-0.39, 0.29) is 6.10 Å². The van der Waals surface area contributed by atoms with Crippen LogP contribution in [0.5, 0.6) is 0 Å². The molecule has 0 aromatic heterocycles. The summed E-state index contributed by atoms with van der Waals surface area (Å²) in [6.45, 7) is 14.4. The number of rotatable bonds is 7. The average Bonchev–Trinajstić information content (AvgIpc) is 2.69. The van der Waals surface area contributed by atoms with E-state index in [2.05, 4.69) is 44.7 Å². The van der Waals surface area contributed by atoms with Crippen LogP contribution in [0.2, 0.25) is 5.02 Å². The summed E-state index contributed by atoms with van der Waals surface area (Å²) in [6.07, 6.45) is 3.64. The first kappa shape index (κ1) is 22.9. The Morgan fingerprint density at radius 2 is 1.97 bits per heavy atom. The Hall–Kier alpha value is -0.810. The number of anilines is 1. The minimum atomic E-state index is -0.380. The van der Waals surface area contributed by atoms with Gasteiger partial charge in [-0.3, -0.25) is 0 Å². The normalized spacial score (nSPS) is 27.4. The van der Waals surface area contributed by atoms with Crippen LogP contribution in [0, 0.1) is 24.7 Å². The summed E-state index contributed by atoms with van der Waals surface area (Å²) in [5.41, 5.74) is 2.51. The third kappa shape index (κ3) is 6.33. The molecule has 0 unspecified atom stereocenters. The molecule has 1 aliphatic heterocycles. The van der Waals surface area contributed by atoms with Crippen molar-refractivity contribution in [1.82, 2.24) is 0 Å². The van der Waals surface area contributed by atoms with Gasteiger partial charge in [-0.25, -0.2) is 0 Å². The maximum atomic E-state index is 10.6. The van der Waals surface area contributed by atoms with Crippen molar-refractivity contribution >= 4 is 17.3 Å². The zero-order valence-corrected chi connectivity index (χ0v) is 19.4. The summed E-state index contributed by atoms with van der Waals surface area (Å²) < 4.78 is 6.26. The molecular weight excluding hydrogens is 384 g/mol. The molecule has 2 fully saturated rings. The average molecular weight is 424 g/mol. The van der Waals surface area contributed by atoms with E-state index in [1.165, 1.54) is 29.0 Å². The first-order valence-corrected chi connectivity index (χ1v) is 11.9. The van der Waals surface area contributed by atoms with Gasteiger partial charge in [0.1, 0.15) is 12.6 Å². The fourth-order valence-electron chi connectivity index (χ4n) is 5.12. The number of quaternary nitrogens is 1. The third-order valence-corrected chi connectivity index (χ3v) is 7.21. The molecule has 5 heteroatoms. The highest BCUT2D eigenvalue weighted by Crippen LogP contribution is 2.35. The van der Waals surface area contributed by atoms with Gasteiger partial charge < -0.3 is 19.6 Å². The minimum absolute atomic E-state index is 0.311. The van der Waals surface area contributed by atoms with E-state index in [0.717, 1.165) is 50.1 Å². The molecule has 164 valence electrons. The molecule has 0 radical (unpaired) electrons. The second-order valence-corrected chi connectivity index (χ2v) is 10.2. The second kappa shape index (κ2) is 10.5. The number of aliphatic hydroxyl groups is 1. The van der Waals surface area contributed by atoms with Crippen LogP contribution < -0.4 is 9.80 Å². The molecule has 0 amide bonds. The fraction of sp³-hybridized carbons (Fsp3) is 0.750. The van der Waals surface area contributed by atoms with Crippen LogP contribution >= 0.6 is 11.6 Å². The largest absolute Gasteiger partial charge is 0.385 e. The highest BCUT2D eigenvalue weighted by molar-refractivity contribution is 6.30. The van der Waals surface area contributed by atoms with E-state index in [0.29, 0.717) is 24.5 Å². The van der Waals surface area contributed by atoms with Gasteiger partial charge in [-0.05, 0) is 55.2 Å². The monoisotopic (exact) mass is 423 g/mol. The molecule has 1 heterocycles. The number of aryl methyl sites for hydroxylation is 1. The second-order valence-electron chi connectivity index (χ2n) is 9.72. The highest BCUT2D eigenvalue weighted by atomic mass is 35.5. The van der Waals surface area contributed by atoms with Gasteiger partial charge in [-0.1, -0.05) is 44.9 Å². The Balaban J connectivity index is 1.43. The number of hydrogen-bond donors (Lipinski definition) is 2. The van der Waals surface area contributed by atoms with Crippen LogP contribution in [0.25, 0.3) is 0 Å². The SMILES string of the molecule is Cc1ccc(Cl)cc1N1CC[NH+](C[C@@H](O)CO[C@@H]2C[C@H](C)CC[C@@H]2C(C)C)CC1. The van der Waals surface area contributed by atoms with E-state index < -0.39 is 0 Å². The molecule has 1 saturated heterocycles. The molecule has 2 N–H and O–H groups in total. The topological polar surface area (TPSA) is 37.1 Å². The first-order chi connectivity index (χ1) is 13.8. The third-order valence-electron chi connectivity index (χ3n) is 6.97. The Morgan fingerprint density at radius 1 is 1.24 bits per heavy atom. The predicted molar refractivity (Wildman–Crippen MR) is 121 cm³/mol. The lowest BCUT2D eigenvalue weighted by Gasteiger charge is -2.38. The molecule has 1 saturated carbocycles. The van der Waals surface area contributed by atoms with Gasteiger partial charge in [0, 0.05) is 10.7 Å². The van der Waals surface area contributed by atoms with Crippen molar-refractivity contribution in [2.75, 3.05) is 44.2 Å². The molecule has 4 nitrogen and oxygen atoms in total. The molecule has 0 bridgehead atoms. The van der Waals surface area contributed by atoms with Crippen LogP contribution in [-0.4, -0.2) is 56.6 Å². The Morgan fingerprint density at radius 3 is 2.66 bits per heavy atom. The number of aliphatic hydroxyl groups excluding tert-OH is 1. The molecule has 4 atom stereocenters. The van der Waals surface area contributed by atoms with Crippen molar-refractivity contribution in [2.24, 2.45) is 17.8 Å². The van der Waals surface area contributed by atoms with Crippen LogP contribution in [0.4, 0.5) is 5.69 Å². The first-order valence-electron chi connectivity index (χ1n) is 11.5. The van der Waals surface area contributed by atoms with E-state index in [1.54, 1.807) is 0 Å². The molecule has 1 aromatic carbocycles. The number of piperazine rings is 1. The molecule has 29 heavy (non-hydrogen) atoms. The number of hydrogen-bond acceptors (Lipinski definition) is 3. The van der Waals surface area contributed by atoms with Crippen LogP contribution in [-0.2, 0) is 4.74 Å². The molecule has 2 aliphatic rings.